The maximum Gasteiger partial charge on any atom is 0.407 e. The molecule has 4 rings (SSSR count). The number of hydrogen-bond donors (Lipinski definition) is 2. The molecule has 228 valence electrons. The first kappa shape index (κ1) is 31.2. The lowest BCUT2D eigenvalue weighted by Gasteiger charge is -2.45. The normalized spacial score (nSPS) is 17.9. The number of likely N-dealkylation sites (N-methyl/N-ethyl adjacent to an activating group) is 1. The minimum absolute atomic E-state index is 0.111. The number of piperazine rings is 1. The van der Waals surface area contributed by atoms with Crippen molar-refractivity contribution in [2.75, 3.05) is 51.3 Å². The van der Waals surface area contributed by atoms with Crippen molar-refractivity contribution >= 4 is 23.7 Å². The fourth-order valence-corrected chi connectivity index (χ4v) is 5.57. The number of unbranched alkanes of at least 4 members (excludes halogenated alkanes) is 1. The summed E-state index contributed by atoms with van der Waals surface area (Å²) in [6.45, 7) is 7.70. The Labute approximate surface area is 248 Å². The number of nitrogens with one attached hydrogen (secondary N) is 1. The van der Waals surface area contributed by atoms with E-state index in [4.69, 9.17) is 4.74 Å². The largest absolute Gasteiger partial charge is 0.477 e. The van der Waals surface area contributed by atoms with Gasteiger partial charge in [-0.15, -0.1) is 0 Å². The fraction of sp³-hybridized carbons (Fsp3) is 0.581. The number of Topliss-reactive ketones (excluding diaryl/α,β-unsaturated/α-hetero) is 1. The average molecular weight is 581 g/mol. The summed E-state index contributed by atoms with van der Waals surface area (Å²) in [7, 11) is 2.09. The maximum atomic E-state index is 13.5. The van der Waals surface area contributed by atoms with Gasteiger partial charge < -0.3 is 25.0 Å². The first-order valence-corrected chi connectivity index (χ1v) is 15.0. The lowest BCUT2D eigenvalue weighted by Crippen LogP contribution is -2.55. The highest BCUT2D eigenvalue weighted by atomic mass is 16.5. The van der Waals surface area contributed by atoms with E-state index in [0.29, 0.717) is 18.2 Å². The topological polar surface area (TPSA) is 128 Å². The molecule has 0 radical (unpaired) electrons. The van der Waals surface area contributed by atoms with Crippen molar-refractivity contribution in [3.8, 4) is 5.88 Å². The number of rotatable bonds is 14. The van der Waals surface area contributed by atoms with E-state index in [-0.39, 0.29) is 25.6 Å². The third-order valence-electron chi connectivity index (χ3n) is 8.48. The molecule has 2 amide bonds. The molecule has 1 saturated carbocycles. The van der Waals surface area contributed by atoms with Crippen LogP contribution in [0.4, 0.5) is 10.7 Å². The average Bonchev–Trinajstić information content (AvgIpc) is 2.98. The van der Waals surface area contributed by atoms with E-state index >= 15 is 0 Å². The van der Waals surface area contributed by atoms with Crippen LogP contribution < -0.4 is 15.0 Å². The summed E-state index contributed by atoms with van der Waals surface area (Å²) < 4.78 is 6.14. The second kappa shape index (κ2) is 14.4. The predicted molar refractivity (Wildman–Crippen MR) is 160 cm³/mol. The lowest BCUT2D eigenvalue weighted by molar-refractivity contribution is -0.141. The second-order valence-electron chi connectivity index (χ2n) is 11.7. The predicted octanol–water partition coefficient (Wildman–Crippen LogP) is 3.76. The van der Waals surface area contributed by atoms with Gasteiger partial charge in [0, 0.05) is 50.4 Å². The van der Waals surface area contributed by atoms with Crippen molar-refractivity contribution < 1.29 is 24.2 Å². The first-order valence-electron chi connectivity index (χ1n) is 15.0. The van der Waals surface area contributed by atoms with Crippen molar-refractivity contribution in [3.05, 3.63) is 48.2 Å². The van der Waals surface area contributed by atoms with Crippen LogP contribution in [0.25, 0.3) is 0 Å². The summed E-state index contributed by atoms with van der Waals surface area (Å²) in [4.78, 5) is 53.7. The number of amides is 2. The molecule has 0 unspecified atom stereocenters. The van der Waals surface area contributed by atoms with E-state index in [9.17, 15) is 19.5 Å². The number of hydrogen-bond acceptors (Lipinski definition) is 8. The second-order valence-corrected chi connectivity index (χ2v) is 11.7. The van der Waals surface area contributed by atoms with Crippen molar-refractivity contribution in [1.82, 2.24) is 25.1 Å². The Morgan fingerprint density at radius 3 is 2.45 bits per heavy atom. The Kier molecular flexibility index (Phi) is 10.7. The molecule has 0 spiro atoms. The molecule has 42 heavy (non-hydrogen) atoms. The van der Waals surface area contributed by atoms with Gasteiger partial charge in [-0.2, -0.15) is 4.98 Å². The van der Waals surface area contributed by atoms with Gasteiger partial charge in [0.2, 0.25) is 17.6 Å². The Morgan fingerprint density at radius 2 is 1.83 bits per heavy atom. The smallest absolute Gasteiger partial charge is 0.407 e. The summed E-state index contributed by atoms with van der Waals surface area (Å²) >= 11 is 0. The molecule has 2 fully saturated rings. The lowest BCUT2D eigenvalue weighted by atomic mass is 9.68. The molecule has 2 atom stereocenters. The number of carbonyl (C=O) groups is 3. The van der Waals surface area contributed by atoms with Crippen molar-refractivity contribution in [1.29, 1.82) is 0 Å². The van der Waals surface area contributed by atoms with E-state index in [1.807, 2.05) is 37.3 Å². The molecule has 1 saturated heterocycles. The summed E-state index contributed by atoms with van der Waals surface area (Å²) in [5, 5.41) is 13.0. The zero-order valence-electron chi connectivity index (χ0n) is 25.0. The van der Waals surface area contributed by atoms with Crippen LogP contribution in [0.3, 0.4) is 0 Å². The fourth-order valence-electron chi connectivity index (χ4n) is 5.57. The highest BCUT2D eigenvalue weighted by Gasteiger charge is 2.44. The van der Waals surface area contributed by atoms with E-state index in [1.165, 1.54) is 4.90 Å². The number of ether oxygens (including phenoxy) is 1. The van der Waals surface area contributed by atoms with Crippen LogP contribution in [0.15, 0.2) is 42.6 Å². The quantitative estimate of drug-likeness (QED) is 0.321. The molecule has 1 aromatic carbocycles. The van der Waals surface area contributed by atoms with Gasteiger partial charge in [0.25, 0.3) is 5.91 Å². The summed E-state index contributed by atoms with van der Waals surface area (Å²) in [5.74, 6) is -0.428. The van der Waals surface area contributed by atoms with Gasteiger partial charge in [0.15, 0.2) is 0 Å². The zero-order chi connectivity index (χ0) is 30.1. The number of nitrogens with zero attached hydrogens (tertiary/aromatic N) is 5. The van der Waals surface area contributed by atoms with Crippen molar-refractivity contribution in [2.45, 2.75) is 64.5 Å². The molecule has 2 heterocycles. The molecule has 2 N–H and O–H groups in total. The molecule has 1 aliphatic carbocycles. The number of benzene rings is 1. The molecule has 11 nitrogen and oxygen atoms in total. The van der Waals surface area contributed by atoms with Crippen LogP contribution in [-0.2, 0) is 9.59 Å². The Morgan fingerprint density at radius 1 is 1.12 bits per heavy atom. The standard InChI is InChI=1S/C31H44N6O5/c1-4-5-12-25(27(38)28(39)33-23(2)24-10-7-6-8-11-24)37(30(40)41)21-31(14-9-15-31)22-42-26-13-16-32-29(34-26)36-19-17-35(3)18-20-36/h6-8,10-11,13,16,23,25H,4-5,9,12,14-15,17-22H2,1-3H3,(H,33,39)(H,40,41)/t23-,25+/m1/s1. The monoisotopic (exact) mass is 580 g/mol. The van der Waals surface area contributed by atoms with Gasteiger partial charge in [-0.05, 0) is 38.8 Å². The van der Waals surface area contributed by atoms with Crippen molar-refractivity contribution in [2.24, 2.45) is 5.41 Å². The van der Waals surface area contributed by atoms with Crippen LogP contribution in [0, 0.1) is 5.41 Å². The molecule has 1 aromatic heterocycles. The zero-order valence-corrected chi connectivity index (χ0v) is 25.0. The number of carbonyl (C=O) groups excluding carboxylic acids is 2. The Hall–Kier alpha value is -3.73. The first-order chi connectivity index (χ1) is 20.2. The molecule has 0 bridgehead atoms. The van der Waals surface area contributed by atoms with Gasteiger partial charge >= 0.3 is 6.09 Å². The number of anilines is 1. The van der Waals surface area contributed by atoms with Gasteiger partial charge in [-0.25, -0.2) is 9.78 Å². The SMILES string of the molecule is CCCC[C@@H](C(=O)C(=O)N[C@H](C)c1ccccc1)N(CC1(COc2ccnc(N3CCN(C)CC3)n2)CCC1)C(=O)O. The van der Waals surface area contributed by atoms with Crippen LogP contribution in [-0.4, -0.2) is 95.1 Å². The minimum Gasteiger partial charge on any atom is -0.477 e. The van der Waals surface area contributed by atoms with Crippen molar-refractivity contribution in [3.63, 3.8) is 0 Å². The van der Waals surface area contributed by atoms with E-state index < -0.39 is 29.2 Å². The third kappa shape index (κ3) is 7.96. The van der Waals surface area contributed by atoms with E-state index in [1.54, 1.807) is 19.2 Å². The summed E-state index contributed by atoms with van der Waals surface area (Å²) in [6.07, 6.45) is 4.62. The molecule has 11 heteroatoms. The molecule has 2 aromatic rings. The van der Waals surface area contributed by atoms with Crippen LogP contribution in [0.2, 0.25) is 0 Å². The van der Waals surface area contributed by atoms with Gasteiger partial charge in [0.1, 0.15) is 6.04 Å². The Bertz CT molecular complexity index is 1200. The van der Waals surface area contributed by atoms with Crippen LogP contribution in [0.5, 0.6) is 5.88 Å². The van der Waals surface area contributed by atoms with E-state index in [2.05, 4.69) is 32.1 Å². The maximum absolute atomic E-state index is 13.5. The van der Waals surface area contributed by atoms with Crippen LogP contribution in [0.1, 0.15) is 64.0 Å². The number of aromatic nitrogens is 2. The number of ketones is 1. The minimum atomic E-state index is -1.21. The van der Waals surface area contributed by atoms with Crippen LogP contribution >= 0.6 is 0 Å². The van der Waals surface area contributed by atoms with Gasteiger partial charge in [0.05, 0.1) is 12.6 Å². The van der Waals surface area contributed by atoms with Gasteiger partial charge in [-0.1, -0.05) is 56.5 Å². The molecular formula is C31H44N6O5. The highest BCUT2D eigenvalue weighted by Crippen LogP contribution is 2.42. The third-order valence-corrected chi connectivity index (χ3v) is 8.48. The molecule has 2 aliphatic rings. The number of carboxylic acid groups (broad SMARTS) is 1. The Balaban J connectivity index is 1.44. The summed E-state index contributed by atoms with van der Waals surface area (Å²) in [6, 6.07) is 9.63. The van der Waals surface area contributed by atoms with Gasteiger partial charge in [-0.3, -0.25) is 14.5 Å². The van der Waals surface area contributed by atoms with E-state index in [0.717, 1.165) is 57.4 Å². The molecule has 1 aliphatic heterocycles. The summed E-state index contributed by atoms with van der Waals surface area (Å²) in [5.41, 5.74) is 0.403. The highest BCUT2D eigenvalue weighted by molar-refractivity contribution is 6.38. The molecular weight excluding hydrogens is 536 g/mol.